The molecule has 0 aromatic heterocycles. The fourth-order valence-electron chi connectivity index (χ4n) is 3.96. The zero-order chi connectivity index (χ0) is 18.4. The number of amides is 1. The van der Waals surface area contributed by atoms with Gasteiger partial charge in [0.05, 0.1) is 0 Å². The minimum Gasteiger partial charge on any atom is -0.357 e. The Morgan fingerprint density at radius 3 is 2.96 bits per heavy atom. The molecule has 1 N–H and O–H groups in total. The Balaban J connectivity index is 1.50. The van der Waals surface area contributed by atoms with Crippen molar-refractivity contribution in [2.45, 2.75) is 46.0 Å². The second-order valence-electron chi connectivity index (χ2n) is 7.46. The van der Waals surface area contributed by atoms with Gasteiger partial charge in [-0.3, -0.25) is 9.79 Å². The summed E-state index contributed by atoms with van der Waals surface area (Å²) in [4.78, 5) is 21.7. The van der Waals surface area contributed by atoms with E-state index in [9.17, 15) is 4.79 Å². The Bertz CT molecular complexity index is 643. The average Bonchev–Trinajstić information content (AvgIpc) is 3.08. The van der Waals surface area contributed by atoms with Crippen molar-refractivity contribution >= 4 is 17.6 Å². The molecule has 1 amide bonds. The van der Waals surface area contributed by atoms with Crippen LogP contribution in [0.5, 0.6) is 0 Å². The van der Waals surface area contributed by atoms with Gasteiger partial charge in [-0.25, -0.2) is 0 Å². The quantitative estimate of drug-likeness (QED) is 0.501. The minimum atomic E-state index is 0.224. The molecule has 3 rings (SSSR count). The van der Waals surface area contributed by atoms with Gasteiger partial charge in [-0.15, -0.1) is 0 Å². The lowest BCUT2D eigenvalue weighted by atomic mass is 10.0. The first-order valence-electron chi connectivity index (χ1n) is 10.1. The van der Waals surface area contributed by atoms with Gasteiger partial charge < -0.3 is 15.1 Å². The molecule has 2 heterocycles. The molecule has 0 spiro atoms. The van der Waals surface area contributed by atoms with Crippen LogP contribution in [-0.4, -0.2) is 49.5 Å². The summed E-state index contributed by atoms with van der Waals surface area (Å²) in [5.74, 6) is 1.96. The van der Waals surface area contributed by atoms with E-state index in [0.717, 1.165) is 56.6 Å². The van der Waals surface area contributed by atoms with Crippen LogP contribution in [0.3, 0.4) is 0 Å². The summed E-state index contributed by atoms with van der Waals surface area (Å²) in [6.07, 6.45) is 4.88. The zero-order valence-electron chi connectivity index (χ0n) is 16.2. The standard InChI is InChI=1S/C21H32N4O/c1-3-22-21(24-14-7-8-17(2)16-24)23-13-6-11-20(26)25-15-12-18-9-4-5-10-19(18)25/h4-5,9-10,17H,3,6-8,11-16H2,1-2H3,(H,22,23). The van der Waals surface area contributed by atoms with Crippen molar-refractivity contribution in [3.8, 4) is 0 Å². The van der Waals surface area contributed by atoms with Gasteiger partial charge in [0.2, 0.25) is 5.91 Å². The van der Waals surface area contributed by atoms with Gasteiger partial charge >= 0.3 is 0 Å². The van der Waals surface area contributed by atoms with Gasteiger partial charge in [0.1, 0.15) is 0 Å². The maximum absolute atomic E-state index is 12.6. The number of benzene rings is 1. The molecule has 26 heavy (non-hydrogen) atoms. The summed E-state index contributed by atoms with van der Waals surface area (Å²) in [7, 11) is 0. The number of carbonyl (C=O) groups excluding carboxylic acids is 1. The van der Waals surface area contributed by atoms with Crippen LogP contribution in [0.2, 0.25) is 0 Å². The van der Waals surface area contributed by atoms with E-state index in [1.807, 2.05) is 17.0 Å². The van der Waals surface area contributed by atoms with Crippen LogP contribution in [0.1, 0.15) is 45.1 Å². The van der Waals surface area contributed by atoms with Crippen molar-refractivity contribution in [3.63, 3.8) is 0 Å². The molecule has 0 radical (unpaired) electrons. The Morgan fingerprint density at radius 2 is 2.15 bits per heavy atom. The van der Waals surface area contributed by atoms with Gasteiger partial charge in [-0.05, 0) is 50.2 Å². The molecule has 1 fully saturated rings. The Kier molecular flexibility index (Phi) is 6.53. The fourth-order valence-corrected chi connectivity index (χ4v) is 3.96. The van der Waals surface area contributed by atoms with Gasteiger partial charge in [0.25, 0.3) is 0 Å². The summed E-state index contributed by atoms with van der Waals surface area (Å²) >= 11 is 0. The molecular weight excluding hydrogens is 324 g/mol. The van der Waals surface area contributed by atoms with Gasteiger partial charge in [0, 0.05) is 44.8 Å². The zero-order valence-corrected chi connectivity index (χ0v) is 16.2. The lowest BCUT2D eigenvalue weighted by molar-refractivity contribution is -0.118. The van der Waals surface area contributed by atoms with E-state index in [4.69, 9.17) is 4.99 Å². The smallest absolute Gasteiger partial charge is 0.227 e. The highest BCUT2D eigenvalue weighted by atomic mass is 16.2. The number of para-hydroxylation sites is 1. The van der Waals surface area contributed by atoms with E-state index in [-0.39, 0.29) is 5.91 Å². The van der Waals surface area contributed by atoms with Crippen molar-refractivity contribution < 1.29 is 4.79 Å². The number of hydrogen-bond donors (Lipinski definition) is 1. The summed E-state index contributed by atoms with van der Waals surface area (Å²) < 4.78 is 0. The van der Waals surface area contributed by atoms with E-state index < -0.39 is 0 Å². The first kappa shape index (κ1) is 18.7. The number of aliphatic imine (C=N–C) groups is 1. The van der Waals surface area contributed by atoms with E-state index in [1.165, 1.54) is 18.4 Å². The molecule has 1 unspecified atom stereocenters. The molecule has 1 atom stereocenters. The van der Waals surface area contributed by atoms with Crippen LogP contribution in [0.15, 0.2) is 29.3 Å². The molecule has 0 saturated carbocycles. The van der Waals surface area contributed by atoms with Crippen molar-refractivity contribution in [2.24, 2.45) is 10.9 Å². The molecule has 2 aliphatic rings. The number of rotatable bonds is 5. The van der Waals surface area contributed by atoms with E-state index >= 15 is 0 Å². The highest BCUT2D eigenvalue weighted by molar-refractivity contribution is 5.95. The number of carbonyl (C=O) groups is 1. The third-order valence-corrected chi connectivity index (χ3v) is 5.29. The second kappa shape index (κ2) is 9.06. The third kappa shape index (κ3) is 4.57. The monoisotopic (exact) mass is 356 g/mol. The Labute approximate surface area is 157 Å². The summed E-state index contributed by atoms with van der Waals surface area (Å²) in [6.45, 7) is 8.98. The van der Waals surface area contributed by atoms with E-state index in [2.05, 4.69) is 36.2 Å². The number of anilines is 1. The molecular formula is C21H32N4O. The molecule has 1 saturated heterocycles. The van der Waals surface area contributed by atoms with Gasteiger partial charge in [-0.1, -0.05) is 25.1 Å². The number of fused-ring (bicyclic) bond motifs is 1. The van der Waals surface area contributed by atoms with Crippen LogP contribution in [-0.2, 0) is 11.2 Å². The summed E-state index contributed by atoms with van der Waals surface area (Å²) in [6, 6.07) is 8.23. The average molecular weight is 357 g/mol. The molecule has 2 aliphatic heterocycles. The molecule has 5 heteroatoms. The second-order valence-corrected chi connectivity index (χ2v) is 7.46. The van der Waals surface area contributed by atoms with Crippen LogP contribution >= 0.6 is 0 Å². The molecule has 142 valence electrons. The summed E-state index contributed by atoms with van der Waals surface area (Å²) in [5.41, 5.74) is 2.38. The number of nitrogens with zero attached hydrogens (tertiary/aromatic N) is 3. The van der Waals surface area contributed by atoms with Crippen LogP contribution in [0.25, 0.3) is 0 Å². The lowest BCUT2D eigenvalue weighted by Gasteiger charge is -2.33. The fraction of sp³-hybridized carbons (Fsp3) is 0.619. The van der Waals surface area contributed by atoms with Gasteiger partial charge in [0.15, 0.2) is 5.96 Å². The van der Waals surface area contributed by atoms with Crippen LogP contribution in [0.4, 0.5) is 5.69 Å². The van der Waals surface area contributed by atoms with Crippen LogP contribution < -0.4 is 10.2 Å². The topological polar surface area (TPSA) is 47.9 Å². The maximum atomic E-state index is 12.6. The molecule has 1 aromatic carbocycles. The highest BCUT2D eigenvalue weighted by Crippen LogP contribution is 2.28. The summed E-state index contributed by atoms with van der Waals surface area (Å²) in [5, 5.41) is 3.41. The molecule has 1 aromatic rings. The Morgan fingerprint density at radius 1 is 1.31 bits per heavy atom. The number of piperidine rings is 1. The van der Waals surface area contributed by atoms with E-state index in [0.29, 0.717) is 13.0 Å². The molecule has 5 nitrogen and oxygen atoms in total. The number of hydrogen-bond acceptors (Lipinski definition) is 2. The predicted molar refractivity (Wildman–Crippen MR) is 108 cm³/mol. The first-order chi connectivity index (χ1) is 12.7. The highest BCUT2D eigenvalue weighted by Gasteiger charge is 2.23. The van der Waals surface area contributed by atoms with Crippen molar-refractivity contribution in [2.75, 3.05) is 37.6 Å². The van der Waals surface area contributed by atoms with Crippen LogP contribution in [0, 0.1) is 5.92 Å². The largest absolute Gasteiger partial charge is 0.357 e. The number of likely N-dealkylation sites (tertiary alicyclic amines) is 1. The van der Waals surface area contributed by atoms with Crippen molar-refractivity contribution in [1.29, 1.82) is 0 Å². The van der Waals surface area contributed by atoms with Gasteiger partial charge in [-0.2, -0.15) is 0 Å². The normalized spacial score (nSPS) is 20.2. The maximum Gasteiger partial charge on any atom is 0.227 e. The SMILES string of the molecule is CCNC(=NCCCC(=O)N1CCc2ccccc21)N1CCCC(C)C1. The first-order valence-corrected chi connectivity index (χ1v) is 10.1. The number of nitrogens with one attached hydrogen (secondary N) is 1. The van der Waals surface area contributed by atoms with Crippen molar-refractivity contribution in [3.05, 3.63) is 29.8 Å². The third-order valence-electron chi connectivity index (χ3n) is 5.29. The molecule has 0 aliphatic carbocycles. The molecule has 0 bridgehead atoms. The van der Waals surface area contributed by atoms with Crippen molar-refractivity contribution in [1.82, 2.24) is 10.2 Å². The van der Waals surface area contributed by atoms with E-state index in [1.54, 1.807) is 0 Å². The minimum absolute atomic E-state index is 0.224. The lowest BCUT2D eigenvalue weighted by Crippen LogP contribution is -2.46. The predicted octanol–water partition coefficient (Wildman–Crippen LogP) is 3.05. The number of guanidine groups is 1. The Hall–Kier alpha value is -2.04.